The Morgan fingerprint density at radius 1 is 1.24 bits per heavy atom. The van der Waals surface area contributed by atoms with Crippen LogP contribution in [0, 0.1) is 5.41 Å². The molecule has 1 saturated heterocycles. The van der Waals surface area contributed by atoms with Crippen LogP contribution in [0.4, 0.5) is 0 Å². The highest BCUT2D eigenvalue weighted by molar-refractivity contribution is 6.34. The summed E-state index contributed by atoms with van der Waals surface area (Å²) in [6, 6.07) is 5.42. The highest BCUT2D eigenvalue weighted by atomic mass is 35.5. The molecule has 0 unspecified atom stereocenters. The summed E-state index contributed by atoms with van der Waals surface area (Å²) in [7, 11) is 1.86. The highest BCUT2D eigenvalue weighted by Crippen LogP contribution is 2.35. The Labute approximate surface area is 136 Å². The van der Waals surface area contributed by atoms with Crippen molar-refractivity contribution in [3.8, 4) is 0 Å². The first-order valence-corrected chi connectivity index (χ1v) is 8.14. The van der Waals surface area contributed by atoms with Crippen LogP contribution in [0.5, 0.6) is 0 Å². The summed E-state index contributed by atoms with van der Waals surface area (Å²) in [6.45, 7) is 4.47. The van der Waals surface area contributed by atoms with Crippen LogP contribution in [-0.2, 0) is 11.3 Å². The molecule has 0 spiro atoms. The number of hydrogen-bond donors (Lipinski definition) is 1. The number of nitrogens with one attached hydrogen (secondary N) is 1. The Kier molecular flexibility index (Phi) is 5.53. The summed E-state index contributed by atoms with van der Waals surface area (Å²) in [6.07, 6.45) is 2.69. The largest absolute Gasteiger partial charge is 0.341 e. The van der Waals surface area contributed by atoms with E-state index < -0.39 is 0 Å². The van der Waals surface area contributed by atoms with Crippen molar-refractivity contribution in [2.75, 3.05) is 20.1 Å². The van der Waals surface area contributed by atoms with Gasteiger partial charge in [0.05, 0.1) is 5.41 Å². The molecule has 1 aromatic rings. The summed E-state index contributed by atoms with van der Waals surface area (Å²) in [4.78, 5) is 14.7. The topological polar surface area (TPSA) is 32.3 Å². The van der Waals surface area contributed by atoms with E-state index in [1.54, 1.807) is 11.0 Å². The van der Waals surface area contributed by atoms with E-state index >= 15 is 0 Å². The molecule has 0 bridgehead atoms. The van der Waals surface area contributed by atoms with Gasteiger partial charge in [-0.3, -0.25) is 4.79 Å². The summed E-state index contributed by atoms with van der Waals surface area (Å²) in [5.74, 6) is 0.225. The first-order chi connectivity index (χ1) is 9.97. The third kappa shape index (κ3) is 3.91. The van der Waals surface area contributed by atoms with Gasteiger partial charge in [0.1, 0.15) is 0 Å². The molecule has 1 N–H and O–H groups in total. The fourth-order valence-electron chi connectivity index (χ4n) is 3.08. The standard InChI is InChI=1S/C16H22Cl2N2O/c1-3-16(4-6-19-7-5-16)15(21)20(2)11-12-8-13(17)10-14(18)9-12/h8-10,19H,3-7,11H2,1-2H3. The van der Waals surface area contributed by atoms with Gasteiger partial charge in [-0.05, 0) is 56.1 Å². The van der Waals surface area contributed by atoms with Crippen LogP contribution in [-0.4, -0.2) is 30.9 Å². The number of carbonyl (C=O) groups is 1. The summed E-state index contributed by atoms with van der Waals surface area (Å²) < 4.78 is 0. The maximum atomic E-state index is 12.9. The molecule has 0 aliphatic carbocycles. The molecule has 116 valence electrons. The molecular weight excluding hydrogens is 307 g/mol. The molecule has 2 rings (SSSR count). The first kappa shape index (κ1) is 16.6. The van der Waals surface area contributed by atoms with Crippen LogP contribution in [0.25, 0.3) is 0 Å². The van der Waals surface area contributed by atoms with Crippen molar-refractivity contribution in [3.63, 3.8) is 0 Å². The lowest BCUT2D eigenvalue weighted by atomic mass is 9.75. The fraction of sp³-hybridized carbons (Fsp3) is 0.562. The van der Waals surface area contributed by atoms with E-state index in [1.165, 1.54) is 0 Å². The molecule has 21 heavy (non-hydrogen) atoms. The first-order valence-electron chi connectivity index (χ1n) is 7.38. The van der Waals surface area contributed by atoms with Gasteiger partial charge in [-0.25, -0.2) is 0 Å². The van der Waals surface area contributed by atoms with Crippen molar-refractivity contribution < 1.29 is 4.79 Å². The van der Waals surface area contributed by atoms with E-state index in [9.17, 15) is 4.79 Å². The summed E-state index contributed by atoms with van der Waals surface area (Å²) in [5, 5.41) is 4.53. The zero-order chi connectivity index (χ0) is 15.5. The predicted octanol–water partition coefficient (Wildman–Crippen LogP) is 3.73. The van der Waals surface area contributed by atoms with E-state index in [-0.39, 0.29) is 11.3 Å². The third-order valence-electron chi connectivity index (χ3n) is 4.38. The van der Waals surface area contributed by atoms with E-state index in [2.05, 4.69) is 12.2 Å². The lowest BCUT2D eigenvalue weighted by Crippen LogP contribution is -2.47. The monoisotopic (exact) mass is 328 g/mol. The molecule has 1 aromatic carbocycles. The number of amides is 1. The third-order valence-corrected chi connectivity index (χ3v) is 4.82. The molecule has 1 fully saturated rings. The number of rotatable bonds is 4. The molecule has 0 aromatic heterocycles. The number of benzene rings is 1. The van der Waals surface area contributed by atoms with Gasteiger partial charge in [0.15, 0.2) is 0 Å². The van der Waals surface area contributed by atoms with Gasteiger partial charge in [-0.15, -0.1) is 0 Å². The zero-order valence-corrected chi connectivity index (χ0v) is 14.1. The van der Waals surface area contributed by atoms with Crippen molar-refractivity contribution in [2.24, 2.45) is 5.41 Å². The number of hydrogen-bond acceptors (Lipinski definition) is 2. The highest BCUT2D eigenvalue weighted by Gasteiger charge is 2.39. The second kappa shape index (κ2) is 6.99. The summed E-state index contributed by atoms with van der Waals surface area (Å²) in [5.41, 5.74) is 0.742. The number of carbonyl (C=O) groups excluding carboxylic acids is 1. The lowest BCUT2D eigenvalue weighted by molar-refractivity contribution is -0.143. The normalized spacial score (nSPS) is 17.5. The van der Waals surface area contributed by atoms with Gasteiger partial charge < -0.3 is 10.2 Å². The molecule has 1 heterocycles. The van der Waals surface area contributed by atoms with Crippen LogP contribution in [0.1, 0.15) is 31.7 Å². The fourth-order valence-corrected chi connectivity index (χ4v) is 3.65. The van der Waals surface area contributed by atoms with Crippen LogP contribution < -0.4 is 5.32 Å². The van der Waals surface area contributed by atoms with Crippen molar-refractivity contribution in [3.05, 3.63) is 33.8 Å². The van der Waals surface area contributed by atoms with Crippen molar-refractivity contribution in [1.82, 2.24) is 10.2 Å². The maximum absolute atomic E-state index is 12.9. The van der Waals surface area contributed by atoms with E-state index in [0.717, 1.165) is 37.9 Å². The summed E-state index contributed by atoms with van der Waals surface area (Å²) >= 11 is 12.0. The van der Waals surface area contributed by atoms with Crippen LogP contribution in [0.3, 0.4) is 0 Å². The van der Waals surface area contributed by atoms with E-state index in [0.29, 0.717) is 16.6 Å². The molecule has 1 aliphatic heterocycles. The van der Waals surface area contributed by atoms with Gasteiger partial charge in [-0.1, -0.05) is 30.1 Å². The average molecular weight is 329 g/mol. The molecule has 1 aliphatic rings. The molecule has 1 amide bonds. The van der Waals surface area contributed by atoms with Crippen molar-refractivity contribution in [1.29, 1.82) is 0 Å². The van der Waals surface area contributed by atoms with Crippen LogP contribution in [0.15, 0.2) is 18.2 Å². The Morgan fingerprint density at radius 3 is 2.33 bits per heavy atom. The number of nitrogens with zero attached hydrogens (tertiary/aromatic N) is 1. The Morgan fingerprint density at radius 2 is 1.81 bits per heavy atom. The Hall–Kier alpha value is -0.770. The van der Waals surface area contributed by atoms with Crippen molar-refractivity contribution >= 4 is 29.1 Å². The maximum Gasteiger partial charge on any atom is 0.228 e. The van der Waals surface area contributed by atoms with E-state index in [1.807, 2.05) is 19.2 Å². The van der Waals surface area contributed by atoms with Gasteiger partial charge in [0, 0.05) is 23.6 Å². The minimum Gasteiger partial charge on any atom is -0.341 e. The quantitative estimate of drug-likeness (QED) is 0.913. The van der Waals surface area contributed by atoms with E-state index in [4.69, 9.17) is 23.2 Å². The molecule has 0 radical (unpaired) electrons. The van der Waals surface area contributed by atoms with Crippen LogP contribution >= 0.6 is 23.2 Å². The average Bonchev–Trinajstić information content (AvgIpc) is 2.46. The molecular formula is C16H22Cl2N2O. The van der Waals surface area contributed by atoms with Crippen molar-refractivity contribution in [2.45, 2.75) is 32.7 Å². The van der Waals surface area contributed by atoms with Crippen LogP contribution in [0.2, 0.25) is 10.0 Å². The van der Waals surface area contributed by atoms with Gasteiger partial charge in [0.2, 0.25) is 5.91 Å². The minimum atomic E-state index is -0.220. The van der Waals surface area contributed by atoms with Gasteiger partial charge in [0.25, 0.3) is 0 Å². The second-order valence-electron chi connectivity index (χ2n) is 5.82. The number of piperidine rings is 1. The lowest BCUT2D eigenvalue weighted by Gasteiger charge is -2.38. The van der Waals surface area contributed by atoms with Gasteiger partial charge >= 0.3 is 0 Å². The zero-order valence-electron chi connectivity index (χ0n) is 12.6. The Balaban J connectivity index is 2.11. The van der Waals surface area contributed by atoms with Gasteiger partial charge in [-0.2, -0.15) is 0 Å². The SMILES string of the molecule is CCC1(C(=O)N(C)Cc2cc(Cl)cc(Cl)c2)CCNCC1. The predicted molar refractivity (Wildman–Crippen MR) is 87.8 cm³/mol. The molecule has 0 saturated carbocycles. The second-order valence-corrected chi connectivity index (χ2v) is 6.70. The minimum absolute atomic E-state index is 0.220. The molecule has 0 atom stereocenters. The smallest absolute Gasteiger partial charge is 0.228 e. The number of halogens is 2. The molecule has 5 heteroatoms. The molecule has 3 nitrogen and oxygen atoms in total. The Bertz CT molecular complexity index is 493.